The molecule has 0 aromatic carbocycles. The highest BCUT2D eigenvalue weighted by atomic mass is 16.7. The molecule has 5 aliphatic heterocycles. The third-order valence-electron chi connectivity index (χ3n) is 14.9. The van der Waals surface area contributed by atoms with Crippen molar-refractivity contribution in [1.29, 1.82) is 0 Å². The Kier molecular flexibility index (Phi) is 7.88. The van der Waals surface area contributed by atoms with Crippen LogP contribution in [0.2, 0.25) is 0 Å². The minimum atomic E-state index is -1.18. The predicted octanol–water partition coefficient (Wildman–Crippen LogP) is 2.01. The van der Waals surface area contributed by atoms with E-state index >= 15 is 0 Å². The van der Waals surface area contributed by atoms with Crippen molar-refractivity contribution in [3.8, 4) is 0 Å². The number of hydrogen-bond donors (Lipinski definition) is 4. The molecule has 0 aromatic rings. The summed E-state index contributed by atoms with van der Waals surface area (Å²) in [6.07, 6.45) is -1.36. The second-order valence-corrected chi connectivity index (χ2v) is 16.8. The molecule has 9 rings (SSSR count). The van der Waals surface area contributed by atoms with Gasteiger partial charge in [0.2, 0.25) is 0 Å². The molecule has 6 bridgehead atoms. The van der Waals surface area contributed by atoms with Gasteiger partial charge < -0.3 is 58.3 Å². The van der Waals surface area contributed by atoms with Crippen LogP contribution in [0.25, 0.3) is 0 Å². The molecule has 5 heterocycles. The van der Waals surface area contributed by atoms with Crippen LogP contribution in [0.4, 0.5) is 0 Å². The van der Waals surface area contributed by atoms with Gasteiger partial charge in [0.1, 0.15) is 35.6 Å². The van der Waals surface area contributed by atoms with Gasteiger partial charge in [0.25, 0.3) is 0 Å². The maximum absolute atomic E-state index is 12.6. The number of aliphatic hydroxyl groups excluding tert-OH is 3. The Morgan fingerprint density at radius 2 is 1.55 bits per heavy atom. The van der Waals surface area contributed by atoms with Crippen LogP contribution in [0.1, 0.15) is 86.0 Å². The van der Waals surface area contributed by atoms with E-state index in [1.807, 2.05) is 13.8 Å². The Morgan fingerprint density at radius 1 is 0.787 bits per heavy atom. The lowest BCUT2D eigenvalue weighted by atomic mass is 9.37. The molecule has 20 atom stereocenters. The zero-order valence-electron chi connectivity index (χ0n) is 28.9. The molecule has 1 spiro atoms. The van der Waals surface area contributed by atoms with Gasteiger partial charge in [-0.05, 0) is 77.0 Å². The smallest absolute Gasteiger partial charge is 0.187 e. The van der Waals surface area contributed by atoms with E-state index < -0.39 is 77.7 Å². The van der Waals surface area contributed by atoms with Crippen molar-refractivity contribution < 1.29 is 58.3 Å². The zero-order valence-corrected chi connectivity index (χ0v) is 28.9. The van der Waals surface area contributed by atoms with E-state index in [1.165, 1.54) is 7.11 Å². The van der Waals surface area contributed by atoms with Crippen LogP contribution in [0.5, 0.6) is 0 Å². The van der Waals surface area contributed by atoms with Crippen LogP contribution in [-0.4, -0.2) is 125 Å². The molecule has 0 aromatic heterocycles. The van der Waals surface area contributed by atoms with Crippen LogP contribution < -0.4 is 0 Å². The van der Waals surface area contributed by atoms with Crippen LogP contribution in [-0.2, 0) is 37.9 Å². The van der Waals surface area contributed by atoms with Crippen LogP contribution in [0, 0.1) is 28.6 Å². The summed E-state index contributed by atoms with van der Waals surface area (Å²) in [6, 6.07) is 0. The highest BCUT2D eigenvalue weighted by molar-refractivity contribution is 5.35. The first-order valence-electron chi connectivity index (χ1n) is 18.0. The molecule has 268 valence electrons. The molecule has 4 N–H and O–H groups in total. The molecule has 9 fully saturated rings. The summed E-state index contributed by atoms with van der Waals surface area (Å²) in [6.45, 7) is 10.1. The molecule has 12 heteroatoms. The molecule has 4 aliphatic carbocycles. The van der Waals surface area contributed by atoms with Crippen molar-refractivity contribution in [1.82, 2.24) is 0 Å². The third kappa shape index (κ3) is 4.24. The van der Waals surface area contributed by atoms with Gasteiger partial charge in [-0.2, -0.15) is 0 Å². The molecule has 0 amide bonds. The zero-order chi connectivity index (χ0) is 33.5. The number of rotatable bonds is 6. The molecule has 12 nitrogen and oxygen atoms in total. The molecular formula is C35H56O12. The fraction of sp³-hybridized carbons (Fsp3) is 1.00. The number of aliphatic hydroxyl groups is 4. The van der Waals surface area contributed by atoms with Crippen molar-refractivity contribution in [3.05, 3.63) is 0 Å². The average molecular weight is 669 g/mol. The van der Waals surface area contributed by atoms with Crippen molar-refractivity contribution in [2.24, 2.45) is 28.6 Å². The standard InChI is InChI=1S/C35H56O12/c1-16-23(36)26(41-7)24(37)30(43-16)45-25-17(2)42-22(15-20(25)40-6)44-19-9-11-31(3)18(14-19)8-12-34-28(31)27-29(38)32(4)21(10-13-35(32,34)39)33(5,46-27)47-34/h16-30,36-39H,8-15H2,1-7H3/t16-,17-,18+,19+,20-,21-,22+,23-,24-,25-,26-,27+,28-,29-,30+,31+,32+,33-,34+,35-/m1/s1. The van der Waals surface area contributed by atoms with Gasteiger partial charge in [0.15, 0.2) is 18.4 Å². The van der Waals surface area contributed by atoms with Gasteiger partial charge in [-0.15, -0.1) is 0 Å². The summed E-state index contributed by atoms with van der Waals surface area (Å²) in [5.74, 6) is -0.579. The highest BCUT2D eigenvalue weighted by Crippen LogP contribution is 2.79. The molecule has 47 heavy (non-hydrogen) atoms. The van der Waals surface area contributed by atoms with Crippen molar-refractivity contribution in [2.45, 2.75) is 177 Å². The predicted molar refractivity (Wildman–Crippen MR) is 164 cm³/mol. The number of fused-ring (bicyclic) bond motifs is 1. The number of methoxy groups -OCH3 is 2. The van der Waals surface area contributed by atoms with Crippen LogP contribution >= 0.6 is 0 Å². The van der Waals surface area contributed by atoms with Crippen molar-refractivity contribution in [3.63, 3.8) is 0 Å². The van der Waals surface area contributed by atoms with Gasteiger partial charge in [-0.1, -0.05) is 13.8 Å². The van der Waals surface area contributed by atoms with Gasteiger partial charge in [-0.3, -0.25) is 0 Å². The van der Waals surface area contributed by atoms with E-state index in [-0.39, 0.29) is 35.6 Å². The lowest BCUT2D eigenvalue weighted by Gasteiger charge is -2.79. The number of ether oxygens (including phenoxy) is 8. The molecular weight excluding hydrogens is 612 g/mol. The van der Waals surface area contributed by atoms with Crippen molar-refractivity contribution >= 4 is 0 Å². The van der Waals surface area contributed by atoms with E-state index in [1.54, 1.807) is 14.0 Å². The first-order chi connectivity index (χ1) is 22.2. The Labute approximate surface area is 277 Å². The number of hydrogen-bond acceptors (Lipinski definition) is 12. The molecule has 0 radical (unpaired) electrons. The Morgan fingerprint density at radius 3 is 2.28 bits per heavy atom. The van der Waals surface area contributed by atoms with Gasteiger partial charge >= 0.3 is 0 Å². The van der Waals surface area contributed by atoms with E-state index in [0.29, 0.717) is 18.8 Å². The Bertz CT molecular complexity index is 1220. The summed E-state index contributed by atoms with van der Waals surface area (Å²) in [5.41, 5.74) is -2.61. The third-order valence-corrected chi connectivity index (χ3v) is 14.9. The highest BCUT2D eigenvalue weighted by Gasteiger charge is 2.88. The minimum absolute atomic E-state index is 0.0137. The first kappa shape index (κ1) is 33.7. The fourth-order valence-electron chi connectivity index (χ4n) is 12.6. The first-order valence-corrected chi connectivity index (χ1v) is 18.0. The van der Waals surface area contributed by atoms with Gasteiger partial charge in [-0.25, -0.2) is 0 Å². The van der Waals surface area contributed by atoms with Crippen LogP contribution in [0.15, 0.2) is 0 Å². The minimum Gasteiger partial charge on any atom is -0.390 e. The van der Waals surface area contributed by atoms with E-state index in [4.69, 9.17) is 37.9 Å². The largest absolute Gasteiger partial charge is 0.390 e. The van der Waals surface area contributed by atoms with E-state index in [9.17, 15) is 20.4 Å². The molecule has 4 saturated carbocycles. The summed E-state index contributed by atoms with van der Waals surface area (Å²) >= 11 is 0. The Balaban J connectivity index is 0.949. The SMILES string of the molecule is CO[C@H]1[C@@H](O)[C@H](O[C@@H]2[C@@H](C)O[C@@H](O[C@H]3CC[C@@]4(C)[C@@H](CC[C@@]56O[C@@]7(C)O[C@H]([C@@H](O)[C@]8(C)[C@H]7CC[C@@]85O)[C@H]46)C3)C[C@H]2OC)O[C@H](C)[C@H]1O. The summed E-state index contributed by atoms with van der Waals surface area (Å²) < 4.78 is 50.0. The fourth-order valence-corrected chi connectivity index (χ4v) is 12.6. The maximum Gasteiger partial charge on any atom is 0.187 e. The van der Waals surface area contributed by atoms with E-state index in [0.717, 1.165) is 38.5 Å². The summed E-state index contributed by atoms with van der Waals surface area (Å²) in [7, 11) is 3.08. The lowest BCUT2D eigenvalue weighted by Crippen LogP contribution is -2.89. The lowest BCUT2D eigenvalue weighted by molar-refractivity contribution is -0.522. The molecule has 0 unspecified atom stereocenters. The van der Waals surface area contributed by atoms with Gasteiger partial charge in [0, 0.05) is 37.9 Å². The van der Waals surface area contributed by atoms with Crippen molar-refractivity contribution in [2.75, 3.05) is 14.2 Å². The normalized spacial score (nSPS) is 62.7. The summed E-state index contributed by atoms with van der Waals surface area (Å²) in [5, 5.41) is 45.6. The summed E-state index contributed by atoms with van der Waals surface area (Å²) in [4.78, 5) is 0. The molecule has 9 aliphatic rings. The monoisotopic (exact) mass is 668 g/mol. The second-order valence-electron chi connectivity index (χ2n) is 16.8. The maximum atomic E-state index is 12.6. The quantitative estimate of drug-likeness (QED) is 0.306. The second kappa shape index (κ2) is 11.0. The topological polar surface area (TPSA) is 155 Å². The molecule has 5 saturated heterocycles. The Hall–Kier alpha value is -0.480. The van der Waals surface area contributed by atoms with E-state index in [2.05, 4.69) is 13.8 Å². The average Bonchev–Trinajstić information content (AvgIpc) is 3.29. The van der Waals surface area contributed by atoms with Crippen LogP contribution in [0.3, 0.4) is 0 Å². The van der Waals surface area contributed by atoms with Gasteiger partial charge in [0.05, 0.1) is 36.6 Å².